The molecule has 22 heavy (non-hydrogen) atoms. The van der Waals surface area contributed by atoms with Gasteiger partial charge < -0.3 is 10.2 Å². The number of aryl methyl sites for hydroxylation is 1. The summed E-state index contributed by atoms with van der Waals surface area (Å²) >= 11 is 0. The highest BCUT2D eigenvalue weighted by Gasteiger charge is 1.94. The van der Waals surface area contributed by atoms with Crippen LogP contribution in [-0.4, -0.2) is 16.0 Å². The van der Waals surface area contributed by atoms with Gasteiger partial charge in [-0.2, -0.15) is 0 Å². The molecule has 0 atom stereocenters. The van der Waals surface area contributed by atoms with Crippen LogP contribution in [0.1, 0.15) is 17.5 Å². The summed E-state index contributed by atoms with van der Waals surface area (Å²) in [5.74, 6) is 0.394. The van der Waals surface area contributed by atoms with Crippen molar-refractivity contribution in [3.05, 3.63) is 77.9 Å². The van der Waals surface area contributed by atoms with Gasteiger partial charge in [0.15, 0.2) is 5.78 Å². The van der Waals surface area contributed by atoms with E-state index in [4.69, 9.17) is 0 Å². The standard InChI is InChI=1S/C19H18O3/c20-17(10-7-16-8-13-19(22)14-9-16)4-2-1-3-15-5-11-18(21)12-6-15/h2,4-14,21-22H,1,3H2. The second-order valence-corrected chi connectivity index (χ2v) is 4.93. The monoisotopic (exact) mass is 294 g/mol. The number of allylic oxidation sites excluding steroid dienone is 3. The average molecular weight is 294 g/mol. The highest BCUT2D eigenvalue weighted by atomic mass is 16.3. The Kier molecular flexibility index (Phi) is 5.55. The van der Waals surface area contributed by atoms with Crippen LogP contribution in [0.15, 0.2) is 66.8 Å². The van der Waals surface area contributed by atoms with Crippen molar-refractivity contribution in [1.29, 1.82) is 0 Å². The maximum atomic E-state index is 11.7. The molecule has 3 heteroatoms. The van der Waals surface area contributed by atoms with E-state index in [9.17, 15) is 15.0 Å². The molecule has 0 aliphatic heterocycles. The Balaban J connectivity index is 1.78. The Morgan fingerprint density at radius 3 is 2.09 bits per heavy atom. The molecule has 0 amide bonds. The van der Waals surface area contributed by atoms with Crippen molar-refractivity contribution >= 4 is 11.9 Å². The van der Waals surface area contributed by atoms with E-state index in [0.717, 1.165) is 24.0 Å². The van der Waals surface area contributed by atoms with Gasteiger partial charge in [0.1, 0.15) is 11.5 Å². The van der Waals surface area contributed by atoms with Crippen molar-refractivity contribution in [2.24, 2.45) is 0 Å². The van der Waals surface area contributed by atoms with Gasteiger partial charge in [-0.25, -0.2) is 0 Å². The second kappa shape index (κ2) is 7.84. The highest BCUT2D eigenvalue weighted by molar-refractivity contribution is 6.01. The van der Waals surface area contributed by atoms with Crippen LogP contribution in [0.25, 0.3) is 6.08 Å². The minimum atomic E-state index is -0.0706. The molecule has 0 heterocycles. The molecular formula is C19H18O3. The van der Waals surface area contributed by atoms with E-state index in [1.165, 1.54) is 6.08 Å². The third-order valence-corrected chi connectivity index (χ3v) is 3.15. The van der Waals surface area contributed by atoms with E-state index in [1.807, 2.05) is 18.2 Å². The lowest BCUT2D eigenvalue weighted by Gasteiger charge is -1.97. The van der Waals surface area contributed by atoms with Gasteiger partial charge in [-0.05, 0) is 60.4 Å². The third-order valence-electron chi connectivity index (χ3n) is 3.15. The van der Waals surface area contributed by atoms with Crippen molar-refractivity contribution < 1.29 is 15.0 Å². The Morgan fingerprint density at radius 2 is 1.45 bits per heavy atom. The van der Waals surface area contributed by atoms with Crippen LogP contribution in [0, 0.1) is 0 Å². The quantitative estimate of drug-likeness (QED) is 0.795. The first-order chi connectivity index (χ1) is 10.6. The Hall–Kier alpha value is -2.81. The molecule has 0 aliphatic rings. The normalized spacial score (nSPS) is 11.3. The molecule has 0 saturated heterocycles. The minimum Gasteiger partial charge on any atom is -0.508 e. The van der Waals surface area contributed by atoms with Gasteiger partial charge in [-0.3, -0.25) is 4.79 Å². The second-order valence-electron chi connectivity index (χ2n) is 4.93. The summed E-state index contributed by atoms with van der Waals surface area (Å²) in [6.45, 7) is 0. The van der Waals surface area contributed by atoms with E-state index in [0.29, 0.717) is 0 Å². The molecule has 112 valence electrons. The van der Waals surface area contributed by atoms with Crippen LogP contribution in [0.2, 0.25) is 0 Å². The molecule has 2 rings (SSSR count). The SMILES string of the molecule is O=C(C=CCCc1ccc(O)cc1)C=Cc1ccc(O)cc1. The van der Waals surface area contributed by atoms with Gasteiger partial charge in [0.25, 0.3) is 0 Å². The molecule has 0 fully saturated rings. The van der Waals surface area contributed by atoms with E-state index < -0.39 is 0 Å². The van der Waals surface area contributed by atoms with Crippen LogP contribution in [-0.2, 0) is 11.2 Å². The van der Waals surface area contributed by atoms with Crippen molar-refractivity contribution in [3.63, 3.8) is 0 Å². The maximum Gasteiger partial charge on any atom is 0.178 e. The predicted octanol–water partition coefficient (Wildman–Crippen LogP) is 3.87. The molecule has 0 spiro atoms. The first kappa shape index (κ1) is 15.6. The van der Waals surface area contributed by atoms with Gasteiger partial charge in [-0.1, -0.05) is 36.4 Å². The summed E-state index contributed by atoms with van der Waals surface area (Å²) in [5.41, 5.74) is 1.98. The van der Waals surface area contributed by atoms with Gasteiger partial charge in [0.05, 0.1) is 0 Å². The smallest absolute Gasteiger partial charge is 0.178 e. The number of phenolic OH excluding ortho intramolecular Hbond substituents is 2. The molecule has 0 unspecified atom stereocenters. The summed E-state index contributed by atoms with van der Waals surface area (Å²) in [6, 6.07) is 13.7. The first-order valence-corrected chi connectivity index (χ1v) is 7.09. The van der Waals surface area contributed by atoms with Gasteiger partial charge in [0, 0.05) is 0 Å². The van der Waals surface area contributed by atoms with Gasteiger partial charge in [-0.15, -0.1) is 0 Å². The van der Waals surface area contributed by atoms with Crippen LogP contribution in [0.3, 0.4) is 0 Å². The van der Waals surface area contributed by atoms with Crippen LogP contribution in [0.5, 0.6) is 11.5 Å². The number of carbonyl (C=O) groups is 1. The van der Waals surface area contributed by atoms with Crippen LogP contribution >= 0.6 is 0 Å². The molecule has 3 nitrogen and oxygen atoms in total. The lowest BCUT2D eigenvalue weighted by molar-refractivity contribution is -0.110. The van der Waals surface area contributed by atoms with Crippen LogP contribution in [0.4, 0.5) is 0 Å². The minimum absolute atomic E-state index is 0.0706. The number of phenols is 2. The average Bonchev–Trinajstić information content (AvgIpc) is 2.53. The Morgan fingerprint density at radius 1 is 0.864 bits per heavy atom. The fourth-order valence-corrected chi connectivity index (χ4v) is 1.93. The van der Waals surface area contributed by atoms with Gasteiger partial charge in [0.2, 0.25) is 0 Å². The van der Waals surface area contributed by atoms with Crippen LogP contribution < -0.4 is 0 Å². The molecule has 0 radical (unpaired) electrons. The maximum absolute atomic E-state index is 11.7. The summed E-state index contributed by atoms with van der Waals surface area (Å²) in [7, 11) is 0. The number of rotatable bonds is 6. The number of ketones is 1. The van der Waals surface area contributed by atoms with E-state index in [1.54, 1.807) is 48.6 Å². The van der Waals surface area contributed by atoms with E-state index in [2.05, 4.69) is 0 Å². The van der Waals surface area contributed by atoms with E-state index in [-0.39, 0.29) is 17.3 Å². The van der Waals surface area contributed by atoms with Crippen molar-refractivity contribution in [2.45, 2.75) is 12.8 Å². The zero-order valence-electron chi connectivity index (χ0n) is 12.1. The largest absolute Gasteiger partial charge is 0.508 e. The zero-order valence-corrected chi connectivity index (χ0v) is 12.1. The molecule has 2 aromatic rings. The number of hydrogen-bond acceptors (Lipinski definition) is 3. The molecule has 0 aliphatic carbocycles. The number of hydrogen-bond donors (Lipinski definition) is 2. The summed E-state index contributed by atoms with van der Waals surface area (Å²) in [4.78, 5) is 11.7. The molecular weight excluding hydrogens is 276 g/mol. The number of benzene rings is 2. The van der Waals surface area contributed by atoms with Crippen molar-refractivity contribution in [2.75, 3.05) is 0 Å². The third kappa shape index (κ3) is 5.29. The topological polar surface area (TPSA) is 57.5 Å². The summed E-state index contributed by atoms with van der Waals surface area (Å²) < 4.78 is 0. The fourth-order valence-electron chi connectivity index (χ4n) is 1.93. The van der Waals surface area contributed by atoms with Crippen molar-refractivity contribution in [1.82, 2.24) is 0 Å². The fraction of sp³-hybridized carbons (Fsp3) is 0.105. The lowest BCUT2D eigenvalue weighted by Crippen LogP contribution is -1.86. The summed E-state index contributed by atoms with van der Waals surface area (Å²) in [6.07, 6.45) is 8.21. The van der Waals surface area contributed by atoms with E-state index >= 15 is 0 Å². The summed E-state index contributed by atoms with van der Waals surface area (Å²) in [5, 5.41) is 18.4. The first-order valence-electron chi connectivity index (χ1n) is 7.09. The molecule has 0 saturated carbocycles. The predicted molar refractivity (Wildman–Crippen MR) is 87.7 cm³/mol. The van der Waals surface area contributed by atoms with Gasteiger partial charge >= 0.3 is 0 Å². The lowest BCUT2D eigenvalue weighted by atomic mass is 10.1. The Bertz CT molecular complexity index is 665. The molecule has 2 N–H and O–H groups in total. The zero-order chi connectivity index (χ0) is 15.8. The molecule has 0 aromatic heterocycles. The highest BCUT2D eigenvalue weighted by Crippen LogP contribution is 2.12. The number of aromatic hydroxyl groups is 2. The molecule has 2 aromatic carbocycles. The Labute approximate surface area is 129 Å². The van der Waals surface area contributed by atoms with Crippen molar-refractivity contribution in [3.8, 4) is 11.5 Å². The molecule has 0 bridgehead atoms. The number of carbonyl (C=O) groups excluding carboxylic acids is 1.